The van der Waals surface area contributed by atoms with E-state index in [0.717, 1.165) is 47.5 Å². The monoisotopic (exact) mass is 571 g/mol. The number of nitrogens with zero attached hydrogens (tertiary/aromatic N) is 1. The molecule has 11 nitrogen and oxygen atoms in total. The molecule has 0 aliphatic carbocycles. The van der Waals surface area contributed by atoms with Crippen molar-refractivity contribution in [3.8, 4) is 40.1 Å². The molecule has 0 amide bonds. The molecular weight excluding hydrogens is 546 g/mol. The number of carbonyl (C=O) groups is 1. The third kappa shape index (κ3) is 4.09. The Morgan fingerprint density at radius 1 is 0.976 bits per heavy atom. The zero-order chi connectivity index (χ0) is 29.9. The van der Waals surface area contributed by atoms with Crippen LogP contribution in [0.4, 0.5) is 0 Å². The number of methoxy groups -OCH3 is 1. The molecule has 3 heterocycles. The van der Waals surface area contributed by atoms with E-state index in [4.69, 9.17) is 9.15 Å². The fraction of sp³-hybridized carbons (Fsp3) is 0.194. The van der Waals surface area contributed by atoms with Gasteiger partial charge in [0.05, 0.1) is 19.0 Å². The van der Waals surface area contributed by atoms with Crippen LogP contribution in [-0.2, 0) is 22.5 Å². The topological polar surface area (TPSA) is 180 Å². The number of aromatic hydroxyl groups is 5. The Balaban J connectivity index is 1.70. The lowest BCUT2D eigenvalue weighted by Gasteiger charge is -2.24. The van der Waals surface area contributed by atoms with Gasteiger partial charge in [-0.05, 0) is 48.1 Å². The molecule has 0 saturated carbocycles. The summed E-state index contributed by atoms with van der Waals surface area (Å²) in [6.45, 7) is 0.435. The molecule has 0 saturated heterocycles. The van der Waals surface area contributed by atoms with Gasteiger partial charge in [0.25, 0.3) is 5.56 Å². The average Bonchev–Trinajstić information content (AvgIpc) is 2.97. The maximum absolute atomic E-state index is 14.0. The molecule has 1 unspecified atom stereocenters. The number of aromatic nitrogens is 1. The average molecular weight is 572 g/mol. The Bertz CT molecular complexity index is 2060. The van der Waals surface area contributed by atoms with Gasteiger partial charge in [0.1, 0.15) is 22.5 Å². The molecule has 0 spiro atoms. The zero-order valence-corrected chi connectivity index (χ0v) is 22.2. The zero-order valence-electron chi connectivity index (χ0n) is 22.2. The molecule has 6 rings (SSSR count). The second-order valence-electron chi connectivity index (χ2n) is 10.2. The summed E-state index contributed by atoms with van der Waals surface area (Å²) in [6, 6.07) is 11.6. The van der Waals surface area contributed by atoms with Gasteiger partial charge in [0, 0.05) is 35.2 Å². The maximum atomic E-state index is 14.0. The largest absolute Gasteiger partial charge is 0.507 e. The van der Waals surface area contributed by atoms with Crippen LogP contribution in [0.2, 0.25) is 0 Å². The normalized spacial score (nSPS) is 13.4. The number of pyridine rings is 1. The number of fused-ring (bicyclic) bond motifs is 1. The second-order valence-corrected chi connectivity index (χ2v) is 10.2. The van der Waals surface area contributed by atoms with E-state index in [0.29, 0.717) is 6.54 Å². The lowest BCUT2D eigenvalue weighted by atomic mass is 9.85. The maximum Gasteiger partial charge on any atom is 0.306 e. The van der Waals surface area contributed by atoms with Gasteiger partial charge in [-0.15, -0.1) is 0 Å². The van der Waals surface area contributed by atoms with Crippen LogP contribution in [0, 0.1) is 0 Å². The van der Waals surface area contributed by atoms with Gasteiger partial charge in [-0.3, -0.25) is 14.4 Å². The third-order valence-corrected chi connectivity index (χ3v) is 7.75. The molecule has 1 aliphatic rings. The van der Waals surface area contributed by atoms with Crippen molar-refractivity contribution in [2.45, 2.75) is 31.7 Å². The van der Waals surface area contributed by atoms with E-state index in [2.05, 4.69) is 0 Å². The first kappa shape index (κ1) is 26.8. The third-order valence-electron chi connectivity index (χ3n) is 7.75. The molecule has 0 radical (unpaired) electrons. The summed E-state index contributed by atoms with van der Waals surface area (Å²) in [4.78, 5) is 40.0. The molecule has 11 heteroatoms. The molecule has 2 aromatic heterocycles. The minimum atomic E-state index is -1.21. The van der Waals surface area contributed by atoms with Crippen molar-refractivity contribution in [1.29, 1.82) is 0 Å². The Hall–Kier alpha value is -5.45. The SMILES string of the molecule is COC(=O)CC(c1cc2cccc3c2n(c1=O)CCC3)c1c(O)cc(O)c2c(=O)c(O)c(-c3ccc(O)c(O)c3)oc12. The number of hydrogen-bond acceptors (Lipinski definition) is 10. The minimum absolute atomic E-state index is 0.0113. The van der Waals surface area contributed by atoms with Crippen molar-refractivity contribution in [3.05, 3.63) is 85.8 Å². The van der Waals surface area contributed by atoms with E-state index >= 15 is 0 Å². The molecule has 42 heavy (non-hydrogen) atoms. The highest BCUT2D eigenvalue weighted by Gasteiger charge is 2.32. The van der Waals surface area contributed by atoms with Crippen LogP contribution in [0.15, 0.2) is 62.5 Å². The number of esters is 1. The quantitative estimate of drug-likeness (QED) is 0.153. The fourth-order valence-electron chi connectivity index (χ4n) is 5.79. The molecule has 3 aromatic carbocycles. The van der Waals surface area contributed by atoms with Crippen LogP contribution in [-0.4, -0.2) is 43.2 Å². The van der Waals surface area contributed by atoms with Crippen LogP contribution in [0.3, 0.4) is 0 Å². The predicted octanol–water partition coefficient (Wildman–Crippen LogP) is 3.94. The predicted molar refractivity (Wildman–Crippen MR) is 151 cm³/mol. The van der Waals surface area contributed by atoms with E-state index in [-0.39, 0.29) is 16.7 Å². The van der Waals surface area contributed by atoms with Gasteiger partial charge in [0.15, 0.2) is 17.3 Å². The van der Waals surface area contributed by atoms with Gasteiger partial charge in [0.2, 0.25) is 11.2 Å². The van der Waals surface area contributed by atoms with Crippen molar-refractivity contribution >= 4 is 27.8 Å². The smallest absolute Gasteiger partial charge is 0.306 e. The molecular formula is C31H25NO10. The molecule has 214 valence electrons. The van der Waals surface area contributed by atoms with Gasteiger partial charge in [-0.2, -0.15) is 0 Å². The molecule has 5 aromatic rings. The van der Waals surface area contributed by atoms with Gasteiger partial charge >= 0.3 is 5.97 Å². The minimum Gasteiger partial charge on any atom is -0.507 e. The molecule has 5 N–H and O–H groups in total. The van der Waals surface area contributed by atoms with Crippen molar-refractivity contribution < 1.29 is 39.5 Å². The van der Waals surface area contributed by atoms with E-state index in [9.17, 15) is 39.9 Å². The van der Waals surface area contributed by atoms with E-state index in [1.807, 2.05) is 18.2 Å². The number of phenols is 4. The second kappa shape index (κ2) is 9.88. The molecule has 1 aliphatic heterocycles. The summed E-state index contributed by atoms with van der Waals surface area (Å²) in [5.74, 6) is -5.59. The fourth-order valence-corrected chi connectivity index (χ4v) is 5.79. The Morgan fingerprint density at radius 2 is 1.76 bits per heavy atom. The molecule has 0 bridgehead atoms. The van der Waals surface area contributed by atoms with E-state index < -0.39 is 74.8 Å². The number of benzene rings is 3. The van der Waals surface area contributed by atoms with Crippen LogP contribution in [0.25, 0.3) is 33.2 Å². The number of phenolic OH excluding ortho intramolecular Hbond substituents is 4. The lowest BCUT2D eigenvalue weighted by molar-refractivity contribution is -0.140. The summed E-state index contributed by atoms with van der Waals surface area (Å²) >= 11 is 0. The van der Waals surface area contributed by atoms with Gasteiger partial charge in [-0.1, -0.05) is 18.2 Å². The van der Waals surface area contributed by atoms with Gasteiger partial charge in [-0.25, -0.2) is 0 Å². The summed E-state index contributed by atoms with van der Waals surface area (Å²) in [5.41, 5.74) is -0.132. The van der Waals surface area contributed by atoms with Gasteiger partial charge < -0.3 is 39.3 Å². The van der Waals surface area contributed by atoms with Crippen molar-refractivity contribution in [2.75, 3.05) is 7.11 Å². The highest BCUT2D eigenvalue weighted by Crippen LogP contribution is 2.45. The van der Waals surface area contributed by atoms with Crippen LogP contribution in [0.5, 0.6) is 28.7 Å². The van der Waals surface area contributed by atoms with Crippen molar-refractivity contribution in [3.63, 3.8) is 0 Å². The number of carbonyl (C=O) groups excluding carboxylic acids is 1. The first-order valence-corrected chi connectivity index (χ1v) is 13.1. The van der Waals surface area contributed by atoms with E-state index in [1.165, 1.54) is 13.2 Å². The highest BCUT2D eigenvalue weighted by molar-refractivity contribution is 5.93. The Morgan fingerprint density at radius 3 is 2.50 bits per heavy atom. The first-order valence-electron chi connectivity index (χ1n) is 13.1. The summed E-state index contributed by atoms with van der Waals surface area (Å²) in [6.07, 6.45) is 1.08. The standard InChI is InChI=1S/C31H25NO10/c1-41-23(37)12-17(18-10-15-5-2-4-14-6-3-9-32(26(14)15)31(18)40)24-21(35)13-22(36)25-27(38)28(39)29(42-30(24)25)16-7-8-19(33)20(34)11-16/h2,4-5,7-8,10-11,13,17,33-36,39H,3,6,9,12H2,1H3. The molecule has 1 atom stereocenters. The van der Waals surface area contributed by atoms with Crippen LogP contribution in [0.1, 0.15) is 35.4 Å². The number of hydrogen-bond donors (Lipinski definition) is 5. The van der Waals surface area contributed by atoms with Crippen molar-refractivity contribution in [1.82, 2.24) is 4.57 Å². The van der Waals surface area contributed by atoms with E-state index in [1.54, 1.807) is 10.6 Å². The Kier molecular flexibility index (Phi) is 6.29. The number of para-hydroxylation sites is 1. The van der Waals surface area contributed by atoms with Crippen molar-refractivity contribution in [2.24, 2.45) is 0 Å². The van der Waals surface area contributed by atoms with Crippen LogP contribution < -0.4 is 11.0 Å². The molecule has 0 fully saturated rings. The lowest BCUT2D eigenvalue weighted by Crippen LogP contribution is -2.30. The summed E-state index contributed by atoms with van der Waals surface area (Å²) in [5, 5.41) is 52.6. The Labute approximate surface area is 236 Å². The number of rotatable bonds is 5. The summed E-state index contributed by atoms with van der Waals surface area (Å²) < 4.78 is 12.5. The van der Waals surface area contributed by atoms with Crippen LogP contribution >= 0.6 is 0 Å². The summed E-state index contributed by atoms with van der Waals surface area (Å²) in [7, 11) is 1.17. The number of ether oxygens (including phenoxy) is 1. The number of aryl methyl sites for hydroxylation is 2. The first-order chi connectivity index (χ1) is 20.1. The highest BCUT2D eigenvalue weighted by atomic mass is 16.5.